The average Bonchev–Trinajstić information content (AvgIpc) is 3.32. The van der Waals surface area contributed by atoms with Crippen LogP contribution in [-0.2, 0) is 10.0 Å². The minimum Gasteiger partial charge on any atom is -0.507 e. The largest absolute Gasteiger partial charge is 0.507 e. The number of H-pyrrole nitrogens is 1. The van der Waals surface area contributed by atoms with E-state index in [2.05, 4.69) is 15.2 Å². The monoisotopic (exact) mass is 489 g/mol. The molecular weight excluding hydrogens is 462 g/mol. The fourth-order valence-corrected chi connectivity index (χ4v) is 6.20. The molecule has 1 aliphatic carbocycles. The van der Waals surface area contributed by atoms with Crippen LogP contribution >= 0.6 is 11.6 Å². The molecule has 0 unspecified atom stereocenters. The first kappa shape index (κ1) is 23.7. The number of aromatic hydroxyl groups is 1. The molecule has 10 heteroatoms. The van der Waals surface area contributed by atoms with Crippen LogP contribution in [-0.4, -0.2) is 52.1 Å². The maximum Gasteiger partial charge on any atom is 0.243 e. The summed E-state index contributed by atoms with van der Waals surface area (Å²) in [6, 6.07) is 11.3. The van der Waals surface area contributed by atoms with E-state index in [4.69, 9.17) is 17.3 Å². The van der Waals surface area contributed by atoms with Crippen LogP contribution in [0.2, 0.25) is 5.02 Å². The van der Waals surface area contributed by atoms with Gasteiger partial charge in [0, 0.05) is 23.2 Å². The number of nitrogens with zero attached hydrogens (tertiary/aromatic N) is 3. The van der Waals surface area contributed by atoms with Crippen LogP contribution in [0, 0.1) is 0 Å². The fourth-order valence-electron chi connectivity index (χ4n) is 4.26. The molecular formula is C23H28ClN5O3S. The quantitative estimate of drug-likeness (QED) is 0.436. The fraction of sp³-hybridized carbons (Fsp3) is 0.391. The molecule has 0 aliphatic heterocycles. The zero-order valence-electron chi connectivity index (χ0n) is 18.2. The Kier molecular flexibility index (Phi) is 7.33. The molecule has 4 rings (SSSR count). The van der Waals surface area contributed by atoms with E-state index in [0.717, 1.165) is 32.1 Å². The van der Waals surface area contributed by atoms with Crippen LogP contribution in [0.1, 0.15) is 38.5 Å². The second kappa shape index (κ2) is 10.2. The highest BCUT2D eigenvalue weighted by Crippen LogP contribution is 2.32. The van der Waals surface area contributed by atoms with Crippen LogP contribution in [0.25, 0.3) is 22.8 Å². The lowest BCUT2D eigenvalue weighted by atomic mass is 9.95. The van der Waals surface area contributed by atoms with Gasteiger partial charge in [0.2, 0.25) is 10.0 Å². The van der Waals surface area contributed by atoms with Crippen LogP contribution in [0.3, 0.4) is 0 Å². The van der Waals surface area contributed by atoms with Crippen molar-refractivity contribution in [2.45, 2.75) is 49.5 Å². The number of nitrogens with two attached hydrogens (primary N) is 1. The minimum atomic E-state index is -3.71. The van der Waals surface area contributed by atoms with Crippen molar-refractivity contribution < 1.29 is 13.5 Å². The molecule has 3 aromatic rings. The summed E-state index contributed by atoms with van der Waals surface area (Å²) in [7, 11) is -3.71. The van der Waals surface area contributed by atoms with Gasteiger partial charge >= 0.3 is 0 Å². The number of halogens is 1. The van der Waals surface area contributed by atoms with Gasteiger partial charge in [-0.25, -0.2) is 13.4 Å². The normalized spacial score (nSPS) is 15.2. The van der Waals surface area contributed by atoms with Gasteiger partial charge < -0.3 is 10.8 Å². The van der Waals surface area contributed by atoms with Crippen LogP contribution in [0.5, 0.6) is 5.75 Å². The molecule has 33 heavy (non-hydrogen) atoms. The summed E-state index contributed by atoms with van der Waals surface area (Å²) in [5, 5.41) is 17.6. The Labute approximate surface area is 198 Å². The van der Waals surface area contributed by atoms with E-state index in [0.29, 0.717) is 47.3 Å². The van der Waals surface area contributed by atoms with Crippen molar-refractivity contribution in [1.29, 1.82) is 0 Å². The molecule has 8 nitrogen and oxygen atoms in total. The Morgan fingerprint density at radius 3 is 2.70 bits per heavy atom. The summed E-state index contributed by atoms with van der Waals surface area (Å²) in [5.74, 6) is 0.680. The van der Waals surface area contributed by atoms with Crippen molar-refractivity contribution in [3.05, 3.63) is 47.5 Å². The second-order valence-electron chi connectivity index (χ2n) is 8.25. The summed E-state index contributed by atoms with van der Waals surface area (Å²) < 4.78 is 28.9. The van der Waals surface area contributed by atoms with Gasteiger partial charge in [-0.2, -0.15) is 9.40 Å². The first-order chi connectivity index (χ1) is 15.9. The number of benzene rings is 2. The third kappa shape index (κ3) is 5.22. The number of hydrogen-bond donors (Lipinski definition) is 3. The molecule has 0 atom stereocenters. The van der Waals surface area contributed by atoms with E-state index in [9.17, 15) is 13.5 Å². The maximum atomic E-state index is 13.6. The highest BCUT2D eigenvalue weighted by Gasteiger charge is 2.32. The number of sulfonamides is 1. The maximum absolute atomic E-state index is 13.6. The first-order valence-electron chi connectivity index (χ1n) is 11.1. The van der Waals surface area contributed by atoms with Crippen LogP contribution < -0.4 is 5.73 Å². The number of nitrogens with one attached hydrogen (secondary N) is 1. The molecule has 1 heterocycles. The van der Waals surface area contributed by atoms with Crippen molar-refractivity contribution >= 4 is 21.6 Å². The molecule has 1 fully saturated rings. The Morgan fingerprint density at radius 2 is 1.94 bits per heavy atom. The summed E-state index contributed by atoms with van der Waals surface area (Å²) in [6.07, 6.45) is 5.58. The topological polar surface area (TPSA) is 125 Å². The second-order valence-corrected chi connectivity index (χ2v) is 10.6. The highest BCUT2D eigenvalue weighted by molar-refractivity contribution is 7.89. The Balaban J connectivity index is 1.65. The van der Waals surface area contributed by atoms with Gasteiger partial charge in [-0.1, -0.05) is 43.0 Å². The summed E-state index contributed by atoms with van der Waals surface area (Å²) in [6.45, 7) is 0.849. The number of rotatable bonds is 8. The van der Waals surface area contributed by atoms with Crippen molar-refractivity contribution in [3.63, 3.8) is 0 Å². The molecule has 1 aromatic heterocycles. The summed E-state index contributed by atoms with van der Waals surface area (Å²) in [4.78, 5) is 4.66. The average molecular weight is 490 g/mol. The van der Waals surface area contributed by atoms with E-state index >= 15 is 0 Å². The summed E-state index contributed by atoms with van der Waals surface area (Å²) in [5.41, 5.74) is 6.66. The van der Waals surface area contributed by atoms with Gasteiger partial charge in [-0.3, -0.25) is 5.10 Å². The molecule has 0 bridgehead atoms. The number of hydrogen-bond acceptors (Lipinski definition) is 6. The lowest BCUT2D eigenvalue weighted by molar-refractivity contribution is 0.252. The van der Waals surface area contributed by atoms with Gasteiger partial charge in [0.05, 0.1) is 10.5 Å². The zero-order chi connectivity index (χ0) is 23.4. The smallest absolute Gasteiger partial charge is 0.243 e. The van der Waals surface area contributed by atoms with Crippen molar-refractivity contribution in [3.8, 4) is 28.5 Å². The standard InChI is InChI=1S/C23H28ClN5O3S/c24-17-10-11-21(30)20(15-17)23-26-22(27-28-23)16-6-4-9-19(14-16)33(31,32)29(13-5-12-25)18-7-2-1-3-8-18/h4,6,9-11,14-15,18,30H,1-3,5,7-8,12-13,25H2,(H,26,27,28). The molecule has 1 saturated carbocycles. The number of phenolic OH excluding ortho intramolecular Hbond substituents is 1. The highest BCUT2D eigenvalue weighted by atomic mass is 35.5. The molecule has 1 aliphatic rings. The minimum absolute atomic E-state index is 0.000119. The van der Waals surface area contributed by atoms with E-state index in [1.54, 1.807) is 40.7 Å². The lowest BCUT2D eigenvalue weighted by Gasteiger charge is -2.33. The zero-order valence-corrected chi connectivity index (χ0v) is 19.8. The Hall–Kier alpha value is -2.46. The van der Waals surface area contributed by atoms with Crippen molar-refractivity contribution in [2.24, 2.45) is 5.73 Å². The molecule has 0 spiro atoms. The molecule has 4 N–H and O–H groups in total. The van der Waals surface area contributed by atoms with Gasteiger partial charge in [0.1, 0.15) is 5.75 Å². The van der Waals surface area contributed by atoms with Crippen LogP contribution in [0.15, 0.2) is 47.4 Å². The number of phenols is 1. The number of aromatic amines is 1. The molecule has 0 amide bonds. The van der Waals surface area contributed by atoms with E-state index < -0.39 is 10.0 Å². The predicted molar refractivity (Wildman–Crippen MR) is 128 cm³/mol. The number of aromatic nitrogens is 3. The first-order valence-corrected chi connectivity index (χ1v) is 13.0. The van der Waals surface area contributed by atoms with Gasteiger partial charge in [0.15, 0.2) is 11.6 Å². The van der Waals surface area contributed by atoms with E-state index in [-0.39, 0.29) is 16.7 Å². The molecule has 0 saturated heterocycles. The van der Waals surface area contributed by atoms with Gasteiger partial charge in [0.25, 0.3) is 0 Å². The lowest BCUT2D eigenvalue weighted by Crippen LogP contribution is -2.42. The van der Waals surface area contributed by atoms with Crippen molar-refractivity contribution in [2.75, 3.05) is 13.1 Å². The molecule has 2 aromatic carbocycles. The van der Waals surface area contributed by atoms with Crippen LogP contribution in [0.4, 0.5) is 0 Å². The van der Waals surface area contributed by atoms with E-state index in [1.807, 2.05) is 0 Å². The van der Waals surface area contributed by atoms with Gasteiger partial charge in [-0.05, 0) is 56.1 Å². The van der Waals surface area contributed by atoms with Gasteiger partial charge in [-0.15, -0.1) is 0 Å². The SMILES string of the molecule is NCCCN(C1CCCCC1)S(=O)(=O)c1cccc(-c2n[nH]c(-c3cc(Cl)ccc3O)n2)c1. The Bertz CT molecular complexity index is 1210. The van der Waals surface area contributed by atoms with Crippen molar-refractivity contribution in [1.82, 2.24) is 19.5 Å². The Morgan fingerprint density at radius 1 is 1.15 bits per heavy atom. The molecule has 176 valence electrons. The third-order valence-corrected chi connectivity index (χ3v) is 8.15. The van der Waals surface area contributed by atoms with E-state index in [1.165, 1.54) is 6.07 Å². The predicted octanol–water partition coefficient (Wildman–Crippen LogP) is 4.17. The molecule has 0 radical (unpaired) electrons. The summed E-state index contributed by atoms with van der Waals surface area (Å²) >= 11 is 6.04. The third-order valence-electron chi connectivity index (χ3n) is 5.96.